The van der Waals surface area contributed by atoms with Crippen molar-refractivity contribution in [1.29, 1.82) is 0 Å². The van der Waals surface area contributed by atoms with Crippen LogP contribution in [0.15, 0.2) is 109 Å². The highest BCUT2D eigenvalue weighted by atomic mass is 79.9. The standard InChI is InChI=1S/C34H22Br2N2S/c35-29-27-25(19-11-3-1-4-12-19)21-15-7-9-17-23(21)37-31(27)34-30(36)28-26(20-13-5-2-6-14-20)22-16-8-10-18-24(22)38-32(28)33(29)39-34/h1-18,29-30,33-34H/t29-,30-,33-,34-/m1/s1. The molecule has 6 aromatic rings. The van der Waals surface area contributed by atoms with Gasteiger partial charge in [0.1, 0.15) is 0 Å². The molecule has 8 rings (SSSR count). The maximum absolute atomic E-state index is 5.36. The van der Waals surface area contributed by atoms with Gasteiger partial charge >= 0.3 is 0 Å². The minimum absolute atomic E-state index is 0.0668. The predicted octanol–water partition coefficient (Wildman–Crippen LogP) is 10.5. The lowest BCUT2D eigenvalue weighted by molar-refractivity contribution is 0.728. The fourth-order valence-corrected chi connectivity index (χ4v) is 9.98. The minimum Gasteiger partial charge on any atom is -0.251 e. The van der Waals surface area contributed by atoms with Gasteiger partial charge in [0, 0.05) is 10.8 Å². The number of alkyl halides is 2. The van der Waals surface area contributed by atoms with Crippen LogP contribution < -0.4 is 0 Å². The van der Waals surface area contributed by atoms with Gasteiger partial charge in [-0.05, 0) is 45.5 Å². The SMILES string of the molecule is Br[C@@H]1c2c(nc3ccccc3c2-c2ccccc2)[C@@H]2S[C@H]1c1nc3ccccc3c(-c3ccccc3)c1[C@H]2Br. The van der Waals surface area contributed by atoms with Crippen LogP contribution in [-0.4, -0.2) is 9.97 Å². The van der Waals surface area contributed by atoms with Crippen LogP contribution in [0, 0.1) is 0 Å². The summed E-state index contributed by atoms with van der Waals surface area (Å²) in [7, 11) is 0. The maximum Gasteiger partial charge on any atom is 0.0712 e. The predicted molar refractivity (Wildman–Crippen MR) is 171 cm³/mol. The molecule has 39 heavy (non-hydrogen) atoms. The Morgan fingerprint density at radius 1 is 0.487 bits per heavy atom. The fourth-order valence-electron chi connectivity index (χ4n) is 6.32. The molecule has 4 aromatic carbocycles. The molecule has 0 radical (unpaired) electrons. The Hall–Kier alpha value is -2.99. The van der Waals surface area contributed by atoms with Crippen LogP contribution >= 0.6 is 43.6 Å². The molecule has 0 fully saturated rings. The Kier molecular flexibility index (Phi) is 5.69. The molecule has 0 saturated carbocycles. The van der Waals surface area contributed by atoms with Crippen LogP contribution in [0.4, 0.5) is 0 Å². The molecule has 0 saturated heterocycles. The summed E-state index contributed by atoms with van der Waals surface area (Å²) in [5.41, 5.74) is 12.0. The van der Waals surface area contributed by atoms with Crippen LogP contribution in [0.5, 0.6) is 0 Å². The lowest BCUT2D eigenvalue weighted by Crippen LogP contribution is -2.27. The third kappa shape index (κ3) is 3.60. The van der Waals surface area contributed by atoms with Crippen molar-refractivity contribution in [2.75, 3.05) is 0 Å². The lowest BCUT2D eigenvalue weighted by Gasteiger charge is -2.43. The quantitative estimate of drug-likeness (QED) is 0.175. The molecule has 4 heterocycles. The number of hydrogen-bond acceptors (Lipinski definition) is 3. The summed E-state index contributed by atoms with van der Waals surface area (Å²) in [5.74, 6) is 0. The Morgan fingerprint density at radius 3 is 1.31 bits per heavy atom. The molecule has 0 amide bonds. The molecule has 2 aromatic heterocycles. The van der Waals surface area contributed by atoms with E-state index in [1.165, 1.54) is 44.2 Å². The molecular weight excluding hydrogens is 628 g/mol. The molecule has 5 heteroatoms. The molecule has 0 spiro atoms. The van der Waals surface area contributed by atoms with Crippen molar-refractivity contribution < 1.29 is 0 Å². The van der Waals surface area contributed by atoms with E-state index in [0.717, 1.165) is 22.4 Å². The van der Waals surface area contributed by atoms with E-state index in [4.69, 9.17) is 9.97 Å². The van der Waals surface area contributed by atoms with E-state index < -0.39 is 0 Å². The number of halogens is 2. The Bertz CT molecular complexity index is 1750. The summed E-state index contributed by atoms with van der Waals surface area (Å²) in [6.45, 7) is 0. The van der Waals surface area contributed by atoms with E-state index in [2.05, 4.69) is 141 Å². The van der Waals surface area contributed by atoms with Crippen LogP contribution in [0.3, 0.4) is 0 Å². The van der Waals surface area contributed by atoms with Gasteiger partial charge in [-0.3, -0.25) is 9.97 Å². The topological polar surface area (TPSA) is 25.8 Å². The number of benzene rings is 4. The van der Waals surface area contributed by atoms with Crippen molar-refractivity contribution in [3.05, 3.63) is 132 Å². The highest BCUT2D eigenvalue weighted by Gasteiger charge is 2.48. The lowest BCUT2D eigenvalue weighted by atomic mass is 9.83. The molecule has 0 unspecified atom stereocenters. The van der Waals surface area contributed by atoms with E-state index in [0.29, 0.717) is 0 Å². The number of hydrogen-bond donors (Lipinski definition) is 0. The Labute approximate surface area is 248 Å². The first kappa shape index (κ1) is 23.9. The second kappa shape index (κ2) is 9.29. The van der Waals surface area contributed by atoms with Crippen LogP contribution in [0.25, 0.3) is 44.1 Å². The summed E-state index contributed by atoms with van der Waals surface area (Å²) < 4.78 is 0. The second-order valence-corrected chi connectivity index (χ2v) is 13.4. The van der Waals surface area contributed by atoms with Gasteiger partial charge in [0.25, 0.3) is 0 Å². The average Bonchev–Trinajstić information content (AvgIpc) is 2.99. The summed E-state index contributed by atoms with van der Waals surface area (Å²) in [6.07, 6.45) is 0. The average molecular weight is 650 g/mol. The van der Waals surface area contributed by atoms with Crippen molar-refractivity contribution in [1.82, 2.24) is 9.97 Å². The van der Waals surface area contributed by atoms with Crippen molar-refractivity contribution in [2.24, 2.45) is 0 Å². The van der Waals surface area contributed by atoms with Crippen molar-refractivity contribution in [2.45, 2.75) is 20.2 Å². The first-order chi connectivity index (χ1) is 19.2. The third-order valence-electron chi connectivity index (χ3n) is 7.96. The van der Waals surface area contributed by atoms with E-state index in [9.17, 15) is 0 Å². The van der Waals surface area contributed by atoms with Gasteiger partial charge in [-0.2, -0.15) is 0 Å². The van der Waals surface area contributed by atoms with Crippen LogP contribution in [0.1, 0.15) is 42.7 Å². The molecule has 2 aliphatic rings. The number of aromatic nitrogens is 2. The van der Waals surface area contributed by atoms with E-state index in [1.54, 1.807) is 0 Å². The summed E-state index contributed by atoms with van der Waals surface area (Å²) in [5, 5.41) is 2.70. The fraction of sp³-hybridized carbons (Fsp3) is 0.118. The van der Waals surface area contributed by atoms with Gasteiger partial charge in [-0.15, -0.1) is 11.8 Å². The monoisotopic (exact) mass is 648 g/mol. The molecule has 2 nitrogen and oxygen atoms in total. The molecule has 2 bridgehead atoms. The van der Waals surface area contributed by atoms with Crippen molar-refractivity contribution >= 4 is 65.4 Å². The summed E-state index contributed by atoms with van der Waals surface area (Å²) in [4.78, 5) is 10.9. The first-order valence-electron chi connectivity index (χ1n) is 13.1. The number of thioether (sulfide) groups is 1. The number of rotatable bonds is 2. The van der Waals surface area contributed by atoms with E-state index in [-0.39, 0.29) is 20.2 Å². The highest BCUT2D eigenvalue weighted by Crippen LogP contribution is 2.68. The van der Waals surface area contributed by atoms with Gasteiger partial charge in [0.15, 0.2) is 0 Å². The largest absolute Gasteiger partial charge is 0.251 e. The number of fused-ring (bicyclic) bond motifs is 8. The summed E-state index contributed by atoms with van der Waals surface area (Å²) >= 11 is 10.4. The number of pyridine rings is 2. The van der Waals surface area contributed by atoms with Gasteiger partial charge in [0.05, 0.1) is 42.6 Å². The normalized spacial score (nSPS) is 21.5. The van der Waals surface area contributed by atoms with Gasteiger partial charge < -0.3 is 0 Å². The highest BCUT2D eigenvalue weighted by molar-refractivity contribution is 9.09. The second-order valence-electron chi connectivity index (χ2n) is 10.1. The molecular formula is C34H22Br2N2S. The number of para-hydroxylation sites is 2. The van der Waals surface area contributed by atoms with Gasteiger partial charge in [-0.1, -0.05) is 129 Å². The zero-order valence-corrected chi connectivity index (χ0v) is 24.7. The van der Waals surface area contributed by atoms with Gasteiger partial charge in [0.2, 0.25) is 0 Å². The third-order valence-corrected chi connectivity index (χ3v) is 12.2. The van der Waals surface area contributed by atoms with Crippen molar-refractivity contribution in [3.63, 3.8) is 0 Å². The van der Waals surface area contributed by atoms with Crippen molar-refractivity contribution in [3.8, 4) is 22.3 Å². The molecule has 0 aliphatic carbocycles. The molecule has 4 atom stereocenters. The Balaban J connectivity index is 1.45. The molecule has 188 valence electrons. The van der Waals surface area contributed by atoms with Crippen LogP contribution in [-0.2, 0) is 0 Å². The minimum atomic E-state index is 0.0668. The first-order valence-corrected chi connectivity index (χ1v) is 15.9. The zero-order valence-electron chi connectivity index (χ0n) is 20.8. The van der Waals surface area contributed by atoms with Gasteiger partial charge in [-0.25, -0.2) is 0 Å². The van der Waals surface area contributed by atoms with E-state index >= 15 is 0 Å². The zero-order chi connectivity index (χ0) is 26.1. The van der Waals surface area contributed by atoms with Crippen LogP contribution in [0.2, 0.25) is 0 Å². The Morgan fingerprint density at radius 2 is 0.872 bits per heavy atom. The maximum atomic E-state index is 5.36. The molecule has 0 N–H and O–H groups in total. The smallest absolute Gasteiger partial charge is 0.0712 e. The molecule has 2 aliphatic heterocycles. The number of nitrogens with zero attached hydrogens (tertiary/aromatic N) is 2. The summed E-state index contributed by atoms with van der Waals surface area (Å²) in [6, 6.07) is 38.7. The van der Waals surface area contributed by atoms with E-state index in [1.807, 2.05) is 11.8 Å².